The largest absolute Gasteiger partial charge is 0.480 e. The van der Waals surface area contributed by atoms with E-state index in [1.165, 1.54) is 11.3 Å². The molecule has 1 heterocycles. The van der Waals surface area contributed by atoms with Gasteiger partial charge in [0.1, 0.15) is 6.04 Å². The van der Waals surface area contributed by atoms with Crippen molar-refractivity contribution in [1.29, 1.82) is 0 Å². The zero-order valence-corrected chi connectivity index (χ0v) is 8.52. The van der Waals surface area contributed by atoms with Crippen LogP contribution in [-0.4, -0.2) is 17.6 Å². The zero-order chi connectivity index (χ0) is 9.84. The summed E-state index contributed by atoms with van der Waals surface area (Å²) in [4.78, 5) is 12.8. The molecule has 0 aliphatic rings. The second kappa shape index (κ2) is 4.39. The maximum atomic E-state index is 10.8. The lowest BCUT2D eigenvalue weighted by Gasteiger charge is -2.10. The van der Waals surface area contributed by atoms with Crippen molar-refractivity contribution in [3.8, 4) is 0 Å². The van der Waals surface area contributed by atoms with E-state index in [0.717, 1.165) is 9.75 Å². The van der Waals surface area contributed by atoms with Gasteiger partial charge in [0.2, 0.25) is 0 Å². The van der Waals surface area contributed by atoms with Crippen molar-refractivity contribution in [3.63, 3.8) is 0 Å². The van der Waals surface area contributed by atoms with Gasteiger partial charge in [0.15, 0.2) is 0 Å². The van der Waals surface area contributed by atoms with Gasteiger partial charge in [-0.2, -0.15) is 0 Å². The first kappa shape index (κ1) is 10.2. The van der Waals surface area contributed by atoms with Gasteiger partial charge < -0.3 is 10.4 Å². The Labute approximate surface area is 81.4 Å². The normalized spacial score (nSPS) is 12.8. The SMILES string of the molecule is CCNC(C(=O)O)c1ccc(C)s1. The third-order valence-corrected chi connectivity index (χ3v) is 2.77. The van der Waals surface area contributed by atoms with Crippen molar-refractivity contribution < 1.29 is 9.90 Å². The van der Waals surface area contributed by atoms with Crippen LogP contribution in [0.3, 0.4) is 0 Å². The lowest BCUT2D eigenvalue weighted by molar-refractivity contribution is -0.139. The summed E-state index contributed by atoms with van der Waals surface area (Å²) in [5.74, 6) is -0.816. The molecule has 0 fully saturated rings. The topological polar surface area (TPSA) is 49.3 Å². The summed E-state index contributed by atoms with van der Waals surface area (Å²) < 4.78 is 0. The maximum absolute atomic E-state index is 10.8. The fraction of sp³-hybridized carbons (Fsp3) is 0.444. The van der Waals surface area contributed by atoms with Gasteiger partial charge in [-0.25, -0.2) is 0 Å². The Balaban J connectivity index is 2.81. The van der Waals surface area contributed by atoms with E-state index in [0.29, 0.717) is 6.54 Å². The van der Waals surface area contributed by atoms with Crippen LogP contribution in [0.5, 0.6) is 0 Å². The number of hydrogen-bond donors (Lipinski definition) is 2. The summed E-state index contributed by atoms with van der Waals surface area (Å²) in [6.45, 7) is 4.53. The highest BCUT2D eigenvalue weighted by Crippen LogP contribution is 2.22. The first-order valence-electron chi connectivity index (χ1n) is 4.17. The van der Waals surface area contributed by atoms with Crippen LogP contribution in [-0.2, 0) is 4.79 Å². The number of carboxylic acids is 1. The number of thiophene rings is 1. The van der Waals surface area contributed by atoms with Crippen molar-refractivity contribution in [3.05, 3.63) is 21.9 Å². The Bertz CT molecular complexity index is 296. The van der Waals surface area contributed by atoms with Gasteiger partial charge in [0, 0.05) is 9.75 Å². The average Bonchev–Trinajstić information content (AvgIpc) is 2.46. The van der Waals surface area contributed by atoms with Gasteiger partial charge in [-0.15, -0.1) is 11.3 Å². The predicted molar refractivity (Wildman–Crippen MR) is 53.1 cm³/mol. The number of carbonyl (C=O) groups is 1. The fourth-order valence-corrected chi connectivity index (χ4v) is 2.07. The summed E-state index contributed by atoms with van der Waals surface area (Å²) in [7, 11) is 0. The number of rotatable bonds is 4. The highest BCUT2D eigenvalue weighted by Gasteiger charge is 2.19. The van der Waals surface area contributed by atoms with E-state index in [1.807, 2.05) is 26.0 Å². The molecule has 0 spiro atoms. The van der Waals surface area contributed by atoms with E-state index in [1.54, 1.807) is 0 Å². The van der Waals surface area contributed by atoms with Crippen LogP contribution in [0.1, 0.15) is 22.7 Å². The standard InChI is InChI=1S/C9H13NO2S/c1-3-10-8(9(11)12)7-5-4-6(2)13-7/h4-5,8,10H,3H2,1-2H3,(H,11,12). The highest BCUT2D eigenvalue weighted by atomic mass is 32.1. The lowest BCUT2D eigenvalue weighted by Crippen LogP contribution is -2.27. The Morgan fingerprint density at radius 2 is 2.38 bits per heavy atom. The van der Waals surface area contributed by atoms with Crippen LogP contribution in [0.15, 0.2) is 12.1 Å². The molecule has 0 aliphatic heterocycles. The average molecular weight is 199 g/mol. The molecule has 0 amide bonds. The quantitative estimate of drug-likeness (QED) is 0.777. The minimum Gasteiger partial charge on any atom is -0.480 e. The molecule has 13 heavy (non-hydrogen) atoms. The molecule has 0 bridgehead atoms. The monoisotopic (exact) mass is 199 g/mol. The second-order valence-electron chi connectivity index (χ2n) is 2.78. The number of hydrogen-bond acceptors (Lipinski definition) is 3. The molecular formula is C9H13NO2S. The molecule has 4 heteroatoms. The summed E-state index contributed by atoms with van der Waals surface area (Å²) in [6, 6.07) is 3.25. The molecule has 0 radical (unpaired) electrons. The minimum atomic E-state index is -0.816. The van der Waals surface area contributed by atoms with E-state index in [-0.39, 0.29) is 0 Å². The minimum absolute atomic E-state index is 0.552. The first-order valence-corrected chi connectivity index (χ1v) is 4.99. The van der Waals surface area contributed by atoms with Gasteiger partial charge in [0.25, 0.3) is 0 Å². The van der Waals surface area contributed by atoms with Crippen LogP contribution in [0.4, 0.5) is 0 Å². The molecule has 1 aromatic heterocycles. The van der Waals surface area contributed by atoms with Gasteiger partial charge in [0.05, 0.1) is 0 Å². The number of likely N-dealkylation sites (N-methyl/N-ethyl adjacent to an activating group) is 1. The Morgan fingerprint density at radius 1 is 1.69 bits per heavy atom. The smallest absolute Gasteiger partial charge is 0.326 e. The molecule has 1 aromatic rings. The van der Waals surface area contributed by atoms with Gasteiger partial charge in [-0.1, -0.05) is 6.92 Å². The fourth-order valence-electron chi connectivity index (χ4n) is 1.12. The Kier molecular flexibility index (Phi) is 3.45. The second-order valence-corrected chi connectivity index (χ2v) is 4.10. The van der Waals surface area contributed by atoms with E-state index in [9.17, 15) is 4.79 Å². The molecule has 0 aliphatic carbocycles. The molecule has 72 valence electrons. The Morgan fingerprint density at radius 3 is 2.77 bits per heavy atom. The van der Waals surface area contributed by atoms with Crippen LogP contribution in [0.25, 0.3) is 0 Å². The molecule has 2 N–H and O–H groups in total. The third kappa shape index (κ3) is 2.54. The van der Waals surface area contributed by atoms with E-state index in [2.05, 4.69) is 5.32 Å². The number of aliphatic carboxylic acids is 1. The molecule has 0 saturated heterocycles. The van der Waals surface area contributed by atoms with E-state index >= 15 is 0 Å². The molecular weight excluding hydrogens is 186 g/mol. The van der Waals surface area contributed by atoms with Crippen molar-refractivity contribution in [1.82, 2.24) is 5.32 Å². The Hall–Kier alpha value is -0.870. The van der Waals surface area contributed by atoms with E-state index < -0.39 is 12.0 Å². The highest BCUT2D eigenvalue weighted by molar-refractivity contribution is 7.12. The predicted octanol–water partition coefficient (Wildman–Crippen LogP) is 1.79. The van der Waals surface area contributed by atoms with Crippen molar-refractivity contribution in [2.75, 3.05) is 6.54 Å². The van der Waals surface area contributed by atoms with Crippen LogP contribution >= 0.6 is 11.3 Å². The maximum Gasteiger partial charge on any atom is 0.326 e. The van der Waals surface area contributed by atoms with E-state index in [4.69, 9.17) is 5.11 Å². The lowest BCUT2D eigenvalue weighted by atomic mass is 10.2. The zero-order valence-electron chi connectivity index (χ0n) is 7.70. The van der Waals surface area contributed by atoms with Crippen molar-refractivity contribution >= 4 is 17.3 Å². The van der Waals surface area contributed by atoms with Crippen LogP contribution in [0.2, 0.25) is 0 Å². The molecule has 3 nitrogen and oxygen atoms in total. The summed E-state index contributed by atoms with van der Waals surface area (Å²) in [5, 5.41) is 11.8. The first-order chi connectivity index (χ1) is 6.15. The van der Waals surface area contributed by atoms with Gasteiger partial charge in [-0.05, 0) is 25.6 Å². The molecule has 0 aromatic carbocycles. The van der Waals surface area contributed by atoms with Crippen LogP contribution in [0, 0.1) is 6.92 Å². The number of carboxylic acid groups (broad SMARTS) is 1. The van der Waals surface area contributed by atoms with Gasteiger partial charge >= 0.3 is 5.97 Å². The number of aryl methyl sites for hydroxylation is 1. The molecule has 0 saturated carbocycles. The molecule has 1 rings (SSSR count). The molecule has 1 unspecified atom stereocenters. The summed E-state index contributed by atoms with van der Waals surface area (Å²) in [6.07, 6.45) is 0. The molecule has 1 atom stereocenters. The summed E-state index contributed by atoms with van der Waals surface area (Å²) >= 11 is 1.52. The number of nitrogens with one attached hydrogen (secondary N) is 1. The van der Waals surface area contributed by atoms with Crippen LogP contribution < -0.4 is 5.32 Å². The van der Waals surface area contributed by atoms with Crippen molar-refractivity contribution in [2.24, 2.45) is 0 Å². The van der Waals surface area contributed by atoms with Crippen molar-refractivity contribution in [2.45, 2.75) is 19.9 Å². The summed E-state index contributed by atoms with van der Waals surface area (Å²) in [5.41, 5.74) is 0. The third-order valence-electron chi connectivity index (χ3n) is 1.70. The van der Waals surface area contributed by atoms with Gasteiger partial charge in [-0.3, -0.25) is 4.79 Å².